The lowest BCUT2D eigenvalue weighted by Crippen LogP contribution is -2.15. The van der Waals surface area contributed by atoms with Crippen LogP contribution in [0.2, 0.25) is 0 Å². The van der Waals surface area contributed by atoms with Crippen LogP contribution in [0.1, 0.15) is 18.1 Å². The van der Waals surface area contributed by atoms with E-state index in [1.165, 1.54) is 0 Å². The zero-order chi connectivity index (χ0) is 20.2. The van der Waals surface area contributed by atoms with Gasteiger partial charge in [-0.15, -0.1) is 0 Å². The van der Waals surface area contributed by atoms with Crippen molar-refractivity contribution in [1.29, 1.82) is 0 Å². The van der Waals surface area contributed by atoms with E-state index in [4.69, 9.17) is 9.37 Å². The van der Waals surface area contributed by atoms with Gasteiger partial charge in [0.25, 0.3) is 0 Å². The second kappa shape index (κ2) is 8.14. The van der Waals surface area contributed by atoms with E-state index in [1.54, 1.807) is 0 Å². The van der Waals surface area contributed by atoms with E-state index in [1.807, 2.05) is 74.5 Å². The molecule has 1 heterocycles. The molecule has 1 amide bonds. The molecule has 0 saturated heterocycles. The third-order valence-electron chi connectivity index (χ3n) is 4.73. The van der Waals surface area contributed by atoms with Gasteiger partial charge in [0.2, 0.25) is 11.7 Å². The quantitative estimate of drug-likeness (QED) is 0.515. The molecule has 0 spiro atoms. The van der Waals surface area contributed by atoms with Crippen LogP contribution < -0.4 is 10.1 Å². The molecule has 6 nitrogen and oxygen atoms in total. The molecule has 0 radical (unpaired) electrons. The Labute approximate surface area is 168 Å². The van der Waals surface area contributed by atoms with Crippen molar-refractivity contribution in [3.8, 4) is 17.0 Å². The maximum absolute atomic E-state index is 12.7. The van der Waals surface area contributed by atoms with Crippen LogP contribution in [0, 0.1) is 6.92 Å². The third-order valence-corrected chi connectivity index (χ3v) is 4.73. The van der Waals surface area contributed by atoms with Crippen molar-refractivity contribution in [2.45, 2.75) is 20.3 Å². The molecule has 29 heavy (non-hydrogen) atoms. The Morgan fingerprint density at radius 2 is 1.90 bits per heavy atom. The van der Waals surface area contributed by atoms with Gasteiger partial charge in [0.15, 0.2) is 5.69 Å². The summed E-state index contributed by atoms with van der Waals surface area (Å²) in [6.45, 7) is 4.50. The zero-order valence-corrected chi connectivity index (χ0v) is 16.3. The smallest absolute Gasteiger partial charge is 0.230 e. The summed E-state index contributed by atoms with van der Waals surface area (Å²) < 4.78 is 10.5. The minimum absolute atomic E-state index is 0.180. The molecule has 0 atom stereocenters. The summed E-state index contributed by atoms with van der Waals surface area (Å²) >= 11 is 0. The number of nitrogens with zero attached hydrogens (tertiary/aromatic N) is 2. The number of amides is 1. The van der Waals surface area contributed by atoms with Gasteiger partial charge in [-0.3, -0.25) is 4.79 Å². The van der Waals surface area contributed by atoms with E-state index in [0.717, 1.165) is 33.2 Å². The van der Waals surface area contributed by atoms with E-state index in [9.17, 15) is 4.79 Å². The number of aromatic nitrogens is 2. The molecule has 0 aliphatic heterocycles. The van der Waals surface area contributed by atoms with Crippen molar-refractivity contribution in [2.75, 3.05) is 11.9 Å². The zero-order valence-electron chi connectivity index (χ0n) is 16.3. The van der Waals surface area contributed by atoms with Crippen molar-refractivity contribution in [2.24, 2.45) is 0 Å². The highest BCUT2D eigenvalue weighted by atomic mass is 16.6. The molecule has 1 N–H and O–H groups in total. The minimum atomic E-state index is -0.180. The number of aryl methyl sites for hydroxylation is 1. The van der Waals surface area contributed by atoms with E-state index in [2.05, 4.69) is 15.6 Å². The van der Waals surface area contributed by atoms with Gasteiger partial charge >= 0.3 is 0 Å². The molecule has 4 aromatic rings. The average molecular weight is 387 g/mol. The number of ether oxygens (including phenoxy) is 1. The SMILES string of the molecule is CCOc1ccc(-c2nonc2NC(=O)Cc2cccc3ccccc23)cc1C. The predicted octanol–water partition coefficient (Wildman–Crippen LogP) is 4.78. The van der Waals surface area contributed by atoms with Crippen LogP contribution in [0.5, 0.6) is 5.75 Å². The molecular weight excluding hydrogens is 366 g/mol. The largest absolute Gasteiger partial charge is 0.494 e. The van der Waals surface area contributed by atoms with Gasteiger partial charge in [-0.1, -0.05) is 42.5 Å². The first kappa shape index (κ1) is 18.7. The second-order valence-corrected chi connectivity index (χ2v) is 6.74. The molecule has 6 heteroatoms. The Morgan fingerprint density at radius 1 is 1.07 bits per heavy atom. The molecule has 146 valence electrons. The lowest BCUT2D eigenvalue weighted by Gasteiger charge is -2.09. The fourth-order valence-electron chi connectivity index (χ4n) is 3.37. The number of nitrogens with one attached hydrogen (secondary N) is 1. The van der Waals surface area contributed by atoms with Crippen LogP contribution >= 0.6 is 0 Å². The Bertz CT molecular complexity index is 1160. The van der Waals surface area contributed by atoms with Gasteiger partial charge in [0.1, 0.15) is 5.75 Å². The van der Waals surface area contributed by atoms with Crippen LogP contribution in [-0.4, -0.2) is 22.8 Å². The maximum atomic E-state index is 12.7. The van der Waals surface area contributed by atoms with E-state index in [0.29, 0.717) is 18.1 Å². The lowest BCUT2D eigenvalue weighted by atomic mass is 10.0. The topological polar surface area (TPSA) is 77.2 Å². The molecule has 3 aromatic carbocycles. The highest BCUT2D eigenvalue weighted by molar-refractivity contribution is 5.97. The van der Waals surface area contributed by atoms with Gasteiger partial charge in [-0.2, -0.15) is 0 Å². The normalized spacial score (nSPS) is 10.8. The van der Waals surface area contributed by atoms with Crippen LogP contribution in [0.15, 0.2) is 65.3 Å². The minimum Gasteiger partial charge on any atom is -0.494 e. The first-order valence-corrected chi connectivity index (χ1v) is 9.48. The molecule has 4 rings (SSSR count). The van der Waals surface area contributed by atoms with Crippen LogP contribution in [-0.2, 0) is 11.2 Å². The first-order chi connectivity index (χ1) is 14.2. The fraction of sp³-hybridized carbons (Fsp3) is 0.174. The van der Waals surface area contributed by atoms with Crippen LogP contribution in [0.4, 0.5) is 5.82 Å². The summed E-state index contributed by atoms with van der Waals surface area (Å²) in [6, 6.07) is 19.6. The number of hydrogen-bond donors (Lipinski definition) is 1. The summed E-state index contributed by atoms with van der Waals surface area (Å²) in [7, 11) is 0. The third kappa shape index (κ3) is 3.96. The highest BCUT2D eigenvalue weighted by Gasteiger charge is 2.17. The molecule has 0 fully saturated rings. The fourth-order valence-corrected chi connectivity index (χ4v) is 3.37. The maximum Gasteiger partial charge on any atom is 0.230 e. The van der Waals surface area contributed by atoms with Crippen LogP contribution in [0.25, 0.3) is 22.0 Å². The summed E-state index contributed by atoms with van der Waals surface area (Å²) in [6.07, 6.45) is 0.232. The second-order valence-electron chi connectivity index (χ2n) is 6.74. The number of hydrogen-bond acceptors (Lipinski definition) is 5. The van der Waals surface area contributed by atoms with E-state index >= 15 is 0 Å². The van der Waals surface area contributed by atoms with Gasteiger partial charge in [-0.05, 0) is 64.3 Å². The highest BCUT2D eigenvalue weighted by Crippen LogP contribution is 2.29. The monoisotopic (exact) mass is 387 g/mol. The molecule has 0 bridgehead atoms. The van der Waals surface area contributed by atoms with Crippen LogP contribution in [0.3, 0.4) is 0 Å². The summed E-state index contributed by atoms with van der Waals surface area (Å²) in [5.41, 5.74) is 3.21. The van der Waals surface area contributed by atoms with Crippen molar-refractivity contribution >= 4 is 22.5 Å². The summed E-state index contributed by atoms with van der Waals surface area (Å²) in [4.78, 5) is 12.7. The van der Waals surface area contributed by atoms with Crippen molar-refractivity contribution in [3.63, 3.8) is 0 Å². The van der Waals surface area contributed by atoms with Gasteiger partial charge in [-0.25, -0.2) is 4.63 Å². The number of anilines is 1. The number of carbonyl (C=O) groups excluding carboxylic acids is 1. The molecule has 0 saturated carbocycles. The van der Waals surface area contributed by atoms with Gasteiger partial charge in [0.05, 0.1) is 13.0 Å². The van der Waals surface area contributed by atoms with Crippen molar-refractivity contribution in [1.82, 2.24) is 10.3 Å². The van der Waals surface area contributed by atoms with Crippen molar-refractivity contribution in [3.05, 3.63) is 71.8 Å². The van der Waals surface area contributed by atoms with Gasteiger partial charge < -0.3 is 10.1 Å². The summed E-state index contributed by atoms with van der Waals surface area (Å²) in [5, 5.41) is 12.8. The van der Waals surface area contributed by atoms with E-state index < -0.39 is 0 Å². The molecule has 0 unspecified atom stereocenters. The Morgan fingerprint density at radius 3 is 2.72 bits per heavy atom. The molecule has 0 aliphatic rings. The first-order valence-electron chi connectivity index (χ1n) is 9.48. The Kier molecular flexibility index (Phi) is 5.24. The number of rotatable bonds is 6. The summed E-state index contributed by atoms with van der Waals surface area (Å²) in [5.74, 6) is 0.939. The number of carbonyl (C=O) groups is 1. The van der Waals surface area contributed by atoms with Gasteiger partial charge in [0, 0.05) is 5.56 Å². The number of benzene rings is 3. The Balaban J connectivity index is 1.54. The van der Waals surface area contributed by atoms with E-state index in [-0.39, 0.29) is 12.3 Å². The molecule has 1 aromatic heterocycles. The average Bonchev–Trinajstić information content (AvgIpc) is 3.18. The Hall–Kier alpha value is -3.67. The predicted molar refractivity (Wildman–Crippen MR) is 112 cm³/mol. The molecule has 0 aliphatic carbocycles. The number of fused-ring (bicyclic) bond motifs is 1. The van der Waals surface area contributed by atoms with Crippen molar-refractivity contribution < 1.29 is 14.2 Å². The standard InChI is InChI=1S/C23H21N3O3/c1-3-28-20-12-11-18(13-15(20)2)22-23(26-29-25-22)24-21(27)14-17-9-6-8-16-7-4-5-10-19(16)17/h4-13H,3,14H2,1-2H3,(H,24,26,27). The lowest BCUT2D eigenvalue weighted by molar-refractivity contribution is -0.115. The molecular formula is C23H21N3O3.